The molecule has 6 nitrogen and oxygen atoms in total. The second kappa shape index (κ2) is 4.66. The van der Waals surface area contributed by atoms with Crippen molar-refractivity contribution >= 4 is 17.3 Å². The lowest BCUT2D eigenvalue weighted by Crippen LogP contribution is -2.05. The first-order valence-corrected chi connectivity index (χ1v) is 4.74. The minimum atomic E-state index is -0.543. The SMILES string of the molecule is CCOC(=O)c1csc(C[N+](=O)[O-])n1. The largest absolute Gasteiger partial charge is 0.461 e. The van der Waals surface area contributed by atoms with E-state index in [1.54, 1.807) is 6.92 Å². The van der Waals surface area contributed by atoms with Gasteiger partial charge in [0.15, 0.2) is 10.7 Å². The highest BCUT2D eigenvalue weighted by Gasteiger charge is 2.13. The number of nitrogens with zero attached hydrogens (tertiary/aromatic N) is 2. The Bertz CT molecular complexity index is 349. The average Bonchev–Trinajstić information content (AvgIpc) is 2.52. The Kier molecular flexibility index (Phi) is 3.52. The molecule has 0 spiro atoms. The molecule has 0 aliphatic rings. The fourth-order valence-electron chi connectivity index (χ4n) is 0.793. The smallest absolute Gasteiger partial charge is 0.357 e. The van der Waals surface area contributed by atoms with Crippen LogP contribution in [0.3, 0.4) is 0 Å². The summed E-state index contributed by atoms with van der Waals surface area (Å²) in [6.07, 6.45) is 0. The van der Waals surface area contributed by atoms with E-state index in [1.165, 1.54) is 5.38 Å². The zero-order chi connectivity index (χ0) is 10.6. The Morgan fingerprint density at radius 2 is 2.50 bits per heavy atom. The van der Waals surface area contributed by atoms with Crippen molar-refractivity contribution in [1.82, 2.24) is 4.98 Å². The monoisotopic (exact) mass is 216 g/mol. The molecule has 14 heavy (non-hydrogen) atoms. The van der Waals surface area contributed by atoms with Crippen LogP contribution in [0.4, 0.5) is 0 Å². The van der Waals surface area contributed by atoms with Gasteiger partial charge in [-0.05, 0) is 6.92 Å². The van der Waals surface area contributed by atoms with Crippen LogP contribution in [0.15, 0.2) is 5.38 Å². The van der Waals surface area contributed by atoms with Crippen molar-refractivity contribution in [3.05, 3.63) is 26.2 Å². The van der Waals surface area contributed by atoms with Crippen LogP contribution in [0, 0.1) is 10.1 Å². The lowest BCUT2D eigenvalue weighted by atomic mass is 10.5. The molecule has 1 heterocycles. The van der Waals surface area contributed by atoms with Gasteiger partial charge >= 0.3 is 5.97 Å². The number of rotatable bonds is 4. The summed E-state index contributed by atoms with van der Waals surface area (Å²) in [6.45, 7) is 1.59. The molecule has 0 unspecified atom stereocenters. The molecule has 0 fully saturated rings. The van der Waals surface area contributed by atoms with Crippen LogP contribution in [0.5, 0.6) is 0 Å². The highest BCUT2D eigenvalue weighted by molar-refractivity contribution is 7.09. The van der Waals surface area contributed by atoms with E-state index in [1.807, 2.05) is 0 Å². The van der Waals surface area contributed by atoms with Gasteiger partial charge in [0, 0.05) is 10.3 Å². The number of nitro groups is 1. The molecule has 76 valence electrons. The fraction of sp³-hybridized carbons (Fsp3) is 0.429. The molecule has 7 heteroatoms. The van der Waals surface area contributed by atoms with Crippen molar-refractivity contribution in [3.63, 3.8) is 0 Å². The van der Waals surface area contributed by atoms with Gasteiger partial charge in [-0.3, -0.25) is 10.1 Å². The molecule has 0 aliphatic carbocycles. The minimum absolute atomic E-state index is 0.133. The highest BCUT2D eigenvalue weighted by Crippen LogP contribution is 2.11. The van der Waals surface area contributed by atoms with E-state index in [4.69, 9.17) is 0 Å². The quantitative estimate of drug-likeness (QED) is 0.427. The van der Waals surface area contributed by atoms with Crippen LogP contribution < -0.4 is 0 Å². The molecule has 0 amide bonds. The Hall–Kier alpha value is -1.50. The van der Waals surface area contributed by atoms with Gasteiger partial charge < -0.3 is 4.74 Å². The van der Waals surface area contributed by atoms with Crippen LogP contribution >= 0.6 is 11.3 Å². The molecule has 0 aromatic carbocycles. The third-order valence-electron chi connectivity index (χ3n) is 1.30. The highest BCUT2D eigenvalue weighted by atomic mass is 32.1. The number of aromatic nitrogens is 1. The van der Waals surface area contributed by atoms with Crippen molar-refractivity contribution in [2.45, 2.75) is 13.5 Å². The zero-order valence-corrected chi connectivity index (χ0v) is 8.24. The Balaban J connectivity index is 2.67. The summed E-state index contributed by atoms with van der Waals surface area (Å²) in [5.41, 5.74) is 0.133. The summed E-state index contributed by atoms with van der Waals surface area (Å²) in [5, 5.41) is 11.9. The summed E-state index contributed by atoms with van der Waals surface area (Å²) >= 11 is 1.08. The summed E-state index contributed by atoms with van der Waals surface area (Å²) in [7, 11) is 0. The maximum absolute atomic E-state index is 11.1. The fourth-order valence-corrected chi connectivity index (χ4v) is 1.52. The first kappa shape index (κ1) is 10.6. The van der Waals surface area contributed by atoms with Crippen molar-refractivity contribution in [1.29, 1.82) is 0 Å². The number of thiazole rings is 1. The maximum Gasteiger partial charge on any atom is 0.357 e. The van der Waals surface area contributed by atoms with E-state index in [0.717, 1.165) is 11.3 Å². The van der Waals surface area contributed by atoms with E-state index < -0.39 is 10.9 Å². The van der Waals surface area contributed by atoms with Gasteiger partial charge in [-0.1, -0.05) is 0 Å². The number of carbonyl (C=O) groups excluding carboxylic acids is 1. The normalized spacial score (nSPS) is 9.79. The zero-order valence-electron chi connectivity index (χ0n) is 7.43. The number of ether oxygens (including phenoxy) is 1. The minimum Gasteiger partial charge on any atom is -0.461 e. The number of carbonyl (C=O) groups is 1. The molecule has 1 aromatic heterocycles. The molecule has 0 atom stereocenters. The topological polar surface area (TPSA) is 82.3 Å². The predicted molar refractivity (Wildman–Crippen MR) is 48.8 cm³/mol. The molecule has 0 N–H and O–H groups in total. The molecule has 1 rings (SSSR count). The van der Waals surface area contributed by atoms with E-state index in [9.17, 15) is 14.9 Å². The lowest BCUT2D eigenvalue weighted by Gasteiger charge is -1.95. The number of esters is 1. The van der Waals surface area contributed by atoms with Crippen LogP contribution in [0.25, 0.3) is 0 Å². The van der Waals surface area contributed by atoms with Gasteiger partial charge in [0.05, 0.1) is 6.61 Å². The van der Waals surface area contributed by atoms with Gasteiger partial charge in [0.2, 0.25) is 0 Å². The molecule has 0 radical (unpaired) electrons. The molecule has 0 saturated carbocycles. The van der Waals surface area contributed by atoms with Crippen LogP contribution in [-0.4, -0.2) is 22.5 Å². The van der Waals surface area contributed by atoms with E-state index >= 15 is 0 Å². The third-order valence-corrected chi connectivity index (χ3v) is 2.13. The molecule has 0 bridgehead atoms. The number of hydrogen-bond donors (Lipinski definition) is 0. The van der Waals surface area contributed by atoms with Crippen LogP contribution in [0.2, 0.25) is 0 Å². The second-order valence-electron chi connectivity index (χ2n) is 2.34. The van der Waals surface area contributed by atoms with E-state index in [2.05, 4.69) is 9.72 Å². The van der Waals surface area contributed by atoms with Gasteiger partial charge in [0.25, 0.3) is 6.54 Å². The Morgan fingerprint density at radius 3 is 3.07 bits per heavy atom. The van der Waals surface area contributed by atoms with Gasteiger partial charge in [-0.2, -0.15) is 0 Å². The van der Waals surface area contributed by atoms with Crippen molar-refractivity contribution in [2.75, 3.05) is 6.61 Å². The molecular weight excluding hydrogens is 208 g/mol. The molecule has 1 aromatic rings. The predicted octanol–water partition coefficient (Wildman–Crippen LogP) is 1.10. The first-order chi connectivity index (χ1) is 6.63. The summed E-state index contributed by atoms with van der Waals surface area (Å²) in [5.74, 6) is -0.543. The van der Waals surface area contributed by atoms with Crippen LogP contribution in [0.1, 0.15) is 22.4 Å². The molecular formula is C7H8N2O4S. The van der Waals surface area contributed by atoms with Crippen molar-refractivity contribution < 1.29 is 14.5 Å². The maximum atomic E-state index is 11.1. The van der Waals surface area contributed by atoms with Gasteiger partial charge in [-0.25, -0.2) is 9.78 Å². The molecule has 0 aliphatic heterocycles. The average molecular weight is 216 g/mol. The van der Waals surface area contributed by atoms with E-state index in [0.29, 0.717) is 5.01 Å². The summed E-state index contributed by atoms with van der Waals surface area (Å²) in [6, 6.07) is 0. The summed E-state index contributed by atoms with van der Waals surface area (Å²) < 4.78 is 4.68. The Labute approximate surface area is 83.7 Å². The van der Waals surface area contributed by atoms with Crippen molar-refractivity contribution in [3.8, 4) is 0 Å². The second-order valence-corrected chi connectivity index (χ2v) is 3.28. The van der Waals surface area contributed by atoms with Crippen molar-refractivity contribution in [2.24, 2.45) is 0 Å². The van der Waals surface area contributed by atoms with Crippen LogP contribution in [-0.2, 0) is 11.3 Å². The van der Waals surface area contributed by atoms with E-state index in [-0.39, 0.29) is 18.8 Å². The Morgan fingerprint density at radius 1 is 1.79 bits per heavy atom. The summed E-state index contributed by atoms with van der Waals surface area (Å²) in [4.78, 5) is 24.5. The number of hydrogen-bond acceptors (Lipinski definition) is 6. The van der Waals surface area contributed by atoms with Gasteiger partial charge in [-0.15, -0.1) is 11.3 Å². The molecule has 0 saturated heterocycles. The van der Waals surface area contributed by atoms with Gasteiger partial charge in [0.1, 0.15) is 0 Å². The lowest BCUT2D eigenvalue weighted by molar-refractivity contribution is -0.496. The first-order valence-electron chi connectivity index (χ1n) is 3.86. The third kappa shape index (κ3) is 2.77. The standard InChI is InChI=1S/C7H8N2O4S/c1-2-13-7(10)5-4-14-6(8-5)3-9(11)12/h4H,2-3H2,1H3.